The normalized spacial score (nSPS) is 30.4. The smallest absolute Gasteiger partial charge is 0.208 e. The van der Waals surface area contributed by atoms with Gasteiger partial charge in [-0.05, 0) is 31.0 Å². The summed E-state index contributed by atoms with van der Waals surface area (Å²) in [5, 5.41) is 0. The number of hydrogen-bond acceptors (Lipinski definition) is 5. The molecule has 1 aromatic rings. The zero-order valence-electron chi connectivity index (χ0n) is 12.2. The van der Waals surface area contributed by atoms with Crippen molar-refractivity contribution in [2.24, 2.45) is 11.8 Å². The number of likely N-dealkylation sites (tertiary alicyclic amines) is 1. The fraction of sp³-hybridized carbons (Fsp3) is 0.714. The maximum absolute atomic E-state index is 11.2. The van der Waals surface area contributed by atoms with E-state index in [1.165, 1.54) is 6.26 Å². The summed E-state index contributed by atoms with van der Waals surface area (Å²) in [4.78, 5) is 2.36. The van der Waals surface area contributed by atoms with Crippen molar-refractivity contribution in [2.75, 3.05) is 32.5 Å². The van der Waals surface area contributed by atoms with Gasteiger partial charge < -0.3 is 9.15 Å². The quantitative estimate of drug-likeness (QED) is 0.865. The monoisotopic (exact) mass is 314 g/mol. The Balaban J connectivity index is 1.58. The molecule has 0 saturated carbocycles. The van der Waals surface area contributed by atoms with Gasteiger partial charge in [-0.3, -0.25) is 4.90 Å². The van der Waals surface area contributed by atoms with Crippen molar-refractivity contribution in [1.82, 2.24) is 9.62 Å². The van der Waals surface area contributed by atoms with E-state index >= 15 is 0 Å². The fourth-order valence-electron chi connectivity index (χ4n) is 3.31. The number of piperidine rings is 1. The molecule has 21 heavy (non-hydrogen) atoms. The molecule has 6 nitrogen and oxygen atoms in total. The third-order valence-corrected chi connectivity index (χ3v) is 5.09. The van der Waals surface area contributed by atoms with E-state index in [9.17, 15) is 8.42 Å². The zero-order valence-corrected chi connectivity index (χ0v) is 13.0. The van der Waals surface area contributed by atoms with Crippen LogP contribution < -0.4 is 4.72 Å². The van der Waals surface area contributed by atoms with Gasteiger partial charge in [-0.2, -0.15) is 0 Å². The molecular formula is C14H22N2O4S. The molecule has 0 radical (unpaired) electrons. The molecule has 2 aliphatic rings. The van der Waals surface area contributed by atoms with Crippen molar-refractivity contribution in [3.05, 3.63) is 24.2 Å². The van der Waals surface area contributed by atoms with Gasteiger partial charge in [0.15, 0.2) is 0 Å². The van der Waals surface area contributed by atoms with E-state index in [-0.39, 0.29) is 6.10 Å². The summed E-state index contributed by atoms with van der Waals surface area (Å²) in [6.45, 7) is 3.89. The van der Waals surface area contributed by atoms with Crippen molar-refractivity contribution >= 4 is 10.0 Å². The topological polar surface area (TPSA) is 71.8 Å². The Morgan fingerprint density at radius 2 is 2.33 bits per heavy atom. The predicted octanol–water partition coefficient (Wildman–Crippen LogP) is 0.666. The first-order valence-electron chi connectivity index (χ1n) is 7.32. The van der Waals surface area contributed by atoms with Gasteiger partial charge >= 0.3 is 0 Å². The van der Waals surface area contributed by atoms with Gasteiger partial charge in [-0.1, -0.05) is 0 Å². The Bertz CT molecular complexity index is 558. The lowest BCUT2D eigenvalue weighted by Gasteiger charge is -2.35. The number of rotatable bonds is 5. The molecular weight excluding hydrogens is 292 g/mol. The first-order valence-corrected chi connectivity index (χ1v) is 9.21. The Labute approximate surface area is 125 Å². The van der Waals surface area contributed by atoms with E-state index in [1.54, 1.807) is 6.26 Å². The van der Waals surface area contributed by atoms with Crippen LogP contribution in [0.5, 0.6) is 0 Å². The summed E-state index contributed by atoms with van der Waals surface area (Å²) < 4.78 is 36.2. The maximum Gasteiger partial charge on any atom is 0.208 e. The molecule has 0 spiro atoms. The van der Waals surface area contributed by atoms with Crippen molar-refractivity contribution in [3.8, 4) is 0 Å². The molecule has 7 heteroatoms. The Kier molecular flexibility index (Phi) is 4.35. The van der Waals surface area contributed by atoms with Gasteiger partial charge in [0.05, 0.1) is 31.8 Å². The predicted molar refractivity (Wildman–Crippen MR) is 78.2 cm³/mol. The van der Waals surface area contributed by atoms with Crippen LogP contribution in [0.25, 0.3) is 0 Å². The SMILES string of the molecule is CS(=O)(=O)NC[C@H]1OC[C@@H]2CCN(Cc3ccco3)C[C@@H]21. The third-order valence-electron chi connectivity index (χ3n) is 4.40. The minimum atomic E-state index is -3.16. The van der Waals surface area contributed by atoms with Crippen LogP contribution in [0.15, 0.2) is 22.8 Å². The number of nitrogens with one attached hydrogen (secondary N) is 1. The second-order valence-corrected chi connectivity index (χ2v) is 7.85. The van der Waals surface area contributed by atoms with Crippen molar-refractivity contribution in [2.45, 2.75) is 19.1 Å². The van der Waals surface area contributed by atoms with E-state index in [0.29, 0.717) is 18.4 Å². The summed E-state index contributed by atoms with van der Waals surface area (Å²) in [6.07, 6.45) is 3.95. The molecule has 3 heterocycles. The molecule has 1 N–H and O–H groups in total. The van der Waals surface area contributed by atoms with Crippen LogP contribution in [0.3, 0.4) is 0 Å². The van der Waals surface area contributed by atoms with Crippen LogP contribution in [0.4, 0.5) is 0 Å². The van der Waals surface area contributed by atoms with Gasteiger partial charge in [0, 0.05) is 19.0 Å². The summed E-state index contributed by atoms with van der Waals surface area (Å²) in [7, 11) is -3.16. The first-order chi connectivity index (χ1) is 10.0. The van der Waals surface area contributed by atoms with Crippen LogP contribution in [0, 0.1) is 11.8 Å². The van der Waals surface area contributed by atoms with Gasteiger partial charge in [-0.25, -0.2) is 13.1 Å². The molecule has 0 aromatic carbocycles. The van der Waals surface area contributed by atoms with Crippen LogP contribution in [0.1, 0.15) is 12.2 Å². The van der Waals surface area contributed by atoms with Gasteiger partial charge in [0.25, 0.3) is 0 Å². The molecule has 0 aliphatic carbocycles. The molecule has 0 bridgehead atoms. The van der Waals surface area contributed by atoms with E-state index < -0.39 is 10.0 Å². The highest BCUT2D eigenvalue weighted by molar-refractivity contribution is 7.88. The van der Waals surface area contributed by atoms with E-state index in [4.69, 9.17) is 9.15 Å². The molecule has 1 aromatic heterocycles. The van der Waals surface area contributed by atoms with Gasteiger partial charge in [-0.15, -0.1) is 0 Å². The third kappa shape index (κ3) is 3.85. The highest BCUT2D eigenvalue weighted by Crippen LogP contribution is 2.34. The van der Waals surface area contributed by atoms with E-state index in [1.807, 2.05) is 12.1 Å². The van der Waals surface area contributed by atoms with Gasteiger partial charge in [0.2, 0.25) is 10.0 Å². The second kappa shape index (κ2) is 6.08. The van der Waals surface area contributed by atoms with Crippen LogP contribution in [-0.4, -0.2) is 51.9 Å². The molecule has 2 fully saturated rings. The number of hydrogen-bond donors (Lipinski definition) is 1. The average Bonchev–Trinajstić information content (AvgIpc) is 3.05. The van der Waals surface area contributed by atoms with Crippen molar-refractivity contribution < 1.29 is 17.6 Å². The summed E-state index contributed by atoms with van der Waals surface area (Å²) in [6, 6.07) is 3.89. The fourth-order valence-corrected chi connectivity index (χ4v) is 3.78. The number of furan rings is 1. The Morgan fingerprint density at radius 3 is 3.05 bits per heavy atom. The van der Waals surface area contributed by atoms with Crippen molar-refractivity contribution in [1.29, 1.82) is 0 Å². The molecule has 0 unspecified atom stereocenters. The minimum absolute atomic E-state index is 0.0240. The number of ether oxygens (including phenoxy) is 1. The molecule has 3 atom stereocenters. The van der Waals surface area contributed by atoms with Gasteiger partial charge in [0.1, 0.15) is 5.76 Å². The summed E-state index contributed by atoms with van der Waals surface area (Å²) in [5.41, 5.74) is 0. The molecule has 0 amide bonds. The molecule has 2 saturated heterocycles. The molecule has 2 aliphatic heterocycles. The number of fused-ring (bicyclic) bond motifs is 1. The highest BCUT2D eigenvalue weighted by atomic mass is 32.2. The first kappa shape index (κ1) is 15.0. The Hall–Kier alpha value is -0.890. The highest BCUT2D eigenvalue weighted by Gasteiger charge is 2.40. The van der Waals surface area contributed by atoms with Crippen LogP contribution in [-0.2, 0) is 21.3 Å². The van der Waals surface area contributed by atoms with Crippen LogP contribution >= 0.6 is 0 Å². The number of sulfonamides is 1. The lowest BCUT2D eigenvalue weighted by molar-refractivity contribution is 0.0757. The summed E-state index contributed by atoms with van der Waals surface area (Å²) >= 11 is 0. The Morgan fingerprint density at radius 1 is 1.48 bits per heavy atom. The number of nitrogens with zero attached hydrogens (tertiary/aromatic N) is 1. The van der Waals surface area contributed by atoms with Crippen LogP contribution in [0.2, 0.25) is 0 Å². The lowest BCUT2D eigenvalue weighted by atomic mass is 9.84. The summed E-state index contributed by atoms with van der Waals surface area (Å²) in [5.74, 6) is 1.91. The largest absolute Gasteiger partial charge is 0.468 e. The standard InChI is InChI=1S/C14H22N2O4S/c1-21(17,18)15-7-14-13-9-16(5-4-11(13)10-20-14)8-12-3-2-6-19-12/h2-3,6,11,13-15H,4-5,7-10H2,1H3/t11-,13-,14+/m0/s1. The maximum atomic E-state index is 11.2. The van der Waals surface area contributed by atoms with E-state index in [0.717, 1.165) is 38.4 Å². The molecule has 118 valence electrons. The minimum Gasteiger partial charge on any atom is -0.468 e. The van der Waals surface area contributed by atoms with Crippen molar-refractivity contribution in [3.63, 3.8) is 0 Å². The second-order valence-electron chi connectivity index (χ2n) is 6.02. The van der Waals surface area contributed by atoms with E-state index in [2.05, 4.69) is 9.62 Å². The zero-order chi connectivity index (χ0) is 14.9. The average molecular weight is 314 g/mol. The lowest BCUT2D eigenvalue weighted by Crippen LogP contribution is -2.44. The molecule has 3 rings (SSSR count).